The van der Waals surface area contributed by atoms with Crippen molar-refractivity contribution in [3.8, 4) is 0 Å². The fraction of sp³-hybridized carbons (Fsp3) is 0. The van der Waals surface area contributed by atoms with Gasteiger partial charge >= 0.3 is 0 Å². The van der Waals surface area contributed by atoms with Gasteiger partial charge in [0.2, 0.25) is 5.43 Å². The van der Waals surface area contributed by atoms with Gasteiger partial charge in [0.15, 0.2) is 12.5 Å². The molecule has 1 aromatic carbocycles. The summed E-state index contributed by atoms with van der Waals surface area (Å²) in [5.41, 5.74) is 0.0358. The third-order valence-corrected chi connectivity index (χ3v) is 1.77. The van der Waals surface area contributed by atoms with Gasteiger partial charge in [-0.05, 0) is 12.1 Å². The quantitative estimate of drug-likeness (QED) is 0.612. The minimum absolute atomic E-state index is 0.0706. The van der Waals surface area contributed by atoms with E-state index >= 15 is 0 Å². The van der Waals surface area contributed by atoms with Crippen LogP contribution in [0.5, 0.6) is 0 Å². The Morgan fingerprint density at radius 1 is 1.31 bits per heavy atom. The van der Waals surface area contributed by atoms with Crippen molar-refractivity contribution in [1.82, 2.24) is 0 Å². The Balaban J connectivity index is 2.95. The highest BCUT2D eigenvalue weighted by Gasteiger charge is 2.04. The number of rotatable bonds is 1. The number of carbonyl (C=O) groups excluding carboxylic acids is 1. The molecule has 2 aromatic rings. The average molecular weight is 173 g/mol. The first kappa shape index (κ1) is 7.73. The fourth-order valence-electron chi connectivity index (χ4n) is 1.12. The maximum absolute atomic E-state index is 11.4. The minimum atomic E-state index is -0.336. The third kappa shape index (κ3) is 1.14. The molecule has 1 aromatic heterocycles. The van der Waals surface area contributed by atoms with E-state index in [0.717, 1.165) is 0 Å². The van der Waals surface area contributed by atoms with Crippen LogP contribution in [0.1, 0.15) is 10.4 Å². The third-order valence-electron chi connectivity index (χ3n) is 1.77. The zero-order valence-electron chi connectivity index (χ0n) is 6.61. The van der Waals surface area contributed by atoms with Crippen molar-refractivity contribution >= 4 is 17.3 Å². The lowest BCUT2D eigenvalue weighted by atomic mass is 10.2. The van der Waals surface area contributed by atoms with Gasteiger partial charge in [0, 0.05) is 0 Å². The first-order chi connectivity index (χ1) is 6.33. The number of benzene rings is 1. The van der Waals surface area contributed by atoms with Crippen LogP contribution in [0.2, 0.25) is 0 Å². The normalized spacial score (nSPS) is 10.2. The van der Waals surface area contributed by atoms with E-state index < -0.39 is 0 Å². The molecule has 0 spiro atoms. The summed E-state index contributed by atoms with van der Waals surface area (Å²) in [6, 6.07) is 6.73. The molecule has 0 atom stereocenters. The van der Waals surface area contributed by atoms with Crippen molar-refractivity contribution in [2.75, 3.05) is 0 Å². The predicted molar refractivity (Wildman–Crippen MR) is 46.7 cm³/mol. The molecule has 0 N–H and O–H groups in total. The molecule has 0 amide bonds. The Hall–Kier alpha value is -1.90. The molecule has 0 bridgehead atoms. The summed E-state index contributed by atoms with van der Waals surface area (Å²) in [6.07, 6.45) is 2.72. The van der Waals surface area contributed by atoms with E-state index in [2.05, 4.69) is 6.26 Å². The second-order valence-corrected chi connectivity index (χ2v) is 2.56. The lowest BCUT2D eigenvalue weighted by molar-refractivity contribution is 0.112. The molecule has 13 heavy (non-hydrogen) atoms. The molecule has 3 heteroatoms. The maximum atomic E-state index is 11.4. The van der Waals surface area contributed by atoms with Gasteiger partial charge in [-0.1, -0.05) is 12.1 Å². The van der Waals surface area contributed by atoms with Crippen molar-refractivity contribution in [3.05, 3.63) is 46.3 Å². The van der Waals surface area contributed by atoms with Crippen LogP contribution in [-0.2, 0) is 0 Å². The molecule has 2 rings (SSSR count). The van der Waals surface area contributed by atoms with Crippen LogP contribution in [0.25, 0.3) is 11.0 Å². The van der Waals surface area contributed by atoms with Gasteiger partial charge in [0.05, 0.1) is 5.39 Å². The number of carbonyl (C=O) groups is 1. The molecule has 1 heterocycles. The van der Waals surface area contributed by atoms with E-state index in [1.165, 1.54) is 0 Å². The molecule has 0 aliphatic rings. The van der Waals surface area contributed by atoms with Gasteiger partial charge in [-0.2, -0.15) is 0 Å². The van der Waals surface area contributed by atoms with Crippen LogP contribution in [-0.4, -0.2) is 6.29 Å². The number of fused-ring (bicyclic) bond motifs is 1. The van der Waals surface area contributed by atoms with Gasteiger partial charge in [-0.15, -0.1) is 0 Å². The second kappa shape index (κ2) is 2.86. The summed E-state index contributed by atoms with van der Waals surface area (Å²) in [6.45, 7) is 0. The standard InChI is InChI=1S/C10H5O3/c11-5-7-6-13-9-4-2-1-3-8(9)10(7)12/h1-5H. The number of hydrogen-bond acceptors (Lipinski definition) is 3. The summed E-state index contributed by atoms with van der Waals surface area (Å²) in [5, 5.41) is 0.406. The molecule has 0 saturated heterocycles. The Morgan fingerprint density at radius 2 is 2.08 bits per heavy atom. The minimum Gasteiger partial charge on any atom is -0.452 e. The van der Waals surface area contributed by atoms with Gasteiger partial charge in [0.1, 0.15) is 11.1 Å². The highest BCUT2D eigenvalue weighted by Crippen LogP contribution is 2.08. The van der Waals surface area contributed by atoms with Crippen molar-refractivity contribution in [2.45, 2.75) is 0 Å². The smallest absolute Gasteiger partial charge is 0.203 e. The van der Waals surface area contributed by atoms with E-state index in [1.54, 1.807) is 24.3 Å². The van der Waals surface area contributed by atoms with Crippen molar-refractivity contribution in [3.63, 3.8) is 0 Å². The zero-order chi connectivity index (χ0) is 9.26. The molecule has 3 nitrogen and oxygen atoms in total. The summed E-state index contributed by atoms with van der Waals surface area (Å²) in [7, 11) is 0. The molecular weight excluding hydrogens is 168 g/mol. The second-order valence-electron chi connectivity index (χ2n) is 2.56. The molecule has 1 radical (unpaired) electrons. The number of hydrogen-bond donors (Lipinski definition) is 0. The van der Waals surface area contributed by atoms with Crippen LogP contribution in [0, 0.1) is 6.26 Å². The number of para-hydroxylation sites is 1. The van der Waals surface area contributed by atoms with Crippen molar-refractivity contribution < 1.29 is 9.21 Å². The van der Waals surface area contributed by atoms with E-state index in [1.807, 2.05) is 0 Å². The van der Waals surface area contributed by atoms with Crippen LogP contribution < -0.4 is 5.43 Å². The lowest BCUT2D eigenvalue weighted by Crippen LogP contribution is -2.07. The molecule has 0 saturated carbocycles. The van der Waals surface area contributed by atoms with E-state index in [-0.39, 0.29) is 11.0 Å². The Labute approximate surface area is 73.6 Å². The molecular formula is C10H5O3. The van der Waals surface area contributed by atoms with E-state index in [9.17, 15) is 9.59 Å². The Kier molecular flexibility index (Phi) is 1.70. The molecule has 63 valence electrons. The first-order valence-electron chi connectivity index (χ1n) is 3.71. The van der Waals surface area contributed by atoms with Gasteiger partial charge in [0.25, 0.3) is 0 Å². The molecule has 0 aliphatic carbocycles. The van der Waals surface area contributed by atoms with Crippen molar-refractivity contribution in [2.24, 2.45) is 0 Å². The zero-order valence-corrected chi connectivity index (χ0v) is 6.61. The molecule has 0 fully saturated rings. The van der Waals surface area contributed by atoms with E-state index in [0.29, 0.717) is 17.3 Å². The summed E-state index contributed by atoms with van der Waals surface area (Å²) in [4.78, 5) is 21.8. The summed E-state index contributed by atoms with van der Waals surface area (Å²) >= 11 is 0. The summed E-state index contributed by atoms with van der Waals surface area (Å²) in [5.74, 6) is 0. The monoisotopic (exact) mass is 173 g/mol. The van der Waals surface area contributed by atoms with E-state index in [4.69, 9.17) is 4.42 Å². The average Bonchev–Trinajstić information content (AvgIpc) is 2.19. The summed E-state index contributed by atoms with van der Waals surface area (Å²) < 4.78 is 4.96. The maximum Gasteiger partial charge on any atom is 0.203 e. The van der Waals surface area contributed by atoms with Gasteiger partial charge in [-0.25, -0.2) is 0 Å². The topological polar surface area (TPSA) is 47.3 Å². The SMILES string of the molecule is O=Cc1[c]oc2ccccc2c1=O. The number of aldehydes is 1. The highest BCUT2D eigenvalue weighted by molar-refractivity contribution is 5.83. The van der Waals surface area contributed by atoms with Crippen LogP contribution in [0.15, 0.2) is 33.5 Å². The first-order valence-corrected chi connectivity index (χ1v) is 3.71. The molecule has 0 unspecified atom stereocenters. The highest BCUT2D eigenvalue weighted by atomic mass is 16.3. The Bertz CT molecular complexity index is 511. The van der Waals surface area contributed by atoms with Crippen LogP contribution in [0.3, 0.4) is 0 Å². The lowest BCUT2D eigenvalue weighted by Gasteiger charge is -1.94. The van der Waals surface area contributed by atoms with Crippen LogP contribution in [0.4, 0.5) is 0 Å². The largest absolute Gasteiger partial charge is 0.452 e. The van der Waals surface area contributed by atoms with Crippen LogP contribution >= 0.6 is 0 Å². The van der Waals surface area contributed by atoms with Gasteiger partial charge in [-0.3, -0.25) is 9.59 Å². The fourth-order valence-corrected chi connectivity index (χ4v) is 1.12. The predicted octanol–water partition coefficient (Wildman–Crippen LogP) is 1.41. The van der Waals surface area contributed by atoms with Crippen molar-refractivity contribution in [1.29, 1.82) is 0 Å². The van der Waals surface area contributed by atoms with Gasteiger partial charge < -0.3 is 4.42 Å². The Morgan fingerprint density at radius 3 is 2.85 bits per heavy atom. The molecule has 0 aliphatic heterocycles.